The number of likely N-dealkylation sites (tertiary alicyclic amines) is 1. The molecule has 1 atom stereocenters. The van der Waals surface area contributed by atoms with Crippen molar-refractivity contribution in [1.29, 1.82) is 0 Å². The molecule has 1 fully saturated rings. The lowest BCUT2D eigenvalue weighted by Gasteiger charge is -2.17. The molecule has 0 aliphatic carbocycles. The highest BCUT2D eigenvalue weighted by molar-refractivity contribution is 5.74. The maximum Gasteiger partial charge on any atom is 0.317 e. The van der Waals surface area contributed by atoms with Gasteiger partial charge in [0, 0.05) is 31.8 Å². The number of hydrogen-bond acceptors (Lipinski definition) is 4. The monoisotopic (exact) mass is 326 g/mol. The number of nitrogens with zero attached hydrogens (tertiary/aromatic N) is 3. The van der Waals surface area contributed by atoms with E-state index in [1.165, 1.54) is 5.56 Å². The van der Waals surface area contributed by atoms with Gasteiger partial charge in [0.05, 0.1) is 6.54 Å². The standard InChI is InChI=1S/C18H22N4O2/c23-18(19-11-4-8-15-6-2-1-3-7-15)22-13-10-16(14-22)24-17-9-5-12-20-21-17/h1-3,5-7,9,12,16H,4,8,10-11,13-14H2,(H,19,23)/t16-/m1/s1. The summed E-state index contributed by atoms with van der Waals surface area (Å²) in [7, 11) is 0. The molecule has 0 radical (unpaired) electrons. The Balaban J connectivity index is 1.35. The topological polar surface area (TPSA) is 67.4 Å². The van der Waals surface area contributed by atoms with E-state index in [9.17, 15) is 4.79 Å². The van der Waals surface area contributed by atoms with Crippen molar-refractivity contribution >= 4 is 6.03 Å². The summed E-state index contributed by atoms with van der Waals surface area (Å²) in [5, 5.41) is 10.7. The van der Waals surface area contributed by atoms with Crippen LogP contribution in [0.5, 0.6) is 5.88 Å². The first-order valence-corrected chi connectivity index (χ1v) is 8.32. The summed E-state index contributed by atoms with van der Waals surface area (Å²) in [6.45, 7) is 1.97. The van der Waals surface area contributed by atoms with Gasteiger partial charge >= 0.3 is 6.03 Å². The molecule has 1 saturated heterocycles. The van der Waals surface area contributed by atoms with Gasteiger partial charge < -0.3 is 15.0 Å². The summed E-state index contributed by atoms with van der Waals surface area (Å²) < 4.78 is 5.74. The summed E-state index contributed by atoms with van der Waals surface area (Å²) >= 11 is 0. The Morgan fingerprint density at radius 2 is 2.12 bits per heavy atom. The average molecular weight is 326 g/mol. The number of ether oxygens (including phenoxy) is 1. The lowest BCUT2D eigenvalue weighted by molar-refractivity contribution is 0.182. The molecule has 126 valence electrons. The Labute approximate surface area is 141 Å². The molecule has 0 unspecified atom stereocenters. The van der Waals surface area contributed by atoms with Crippen LogP contribution < -0.4 is 10.1 Å². The molecule has 6 nitrogen and oxygen atoms in total. The number of amides is 2. The predicted molar refractivity (Wildman–Crippen MR) is 90.8 cm³/mol. The Kier molecular flexibility index (Phi) is 5.61. The molecule has 1 aromatic carbocycles. The minimum absolute atomic E-state index is 0.0169. The smallest absolute Gasteiger partial charge is 0.317 e. The first kappa shape index (κ1) is 16.2. The number of carbonyl (C=O) groups is 1. The number of benzene rings is 1. The molecule has 24 heavy (non-hydrogen) atoms. The molecule has 0 bridgehead atoms. The number of carbonyl (C=O) groups excluding carboxylic acids is 1. The van der Waals surface area contributed by atoms with Crippen LogP contribution in [0.2, 0.25) is 0 Å². The van der Waals surface area contributed by atoms with Crippen LogP contribution in [0.4, 0.5) is 4.79 Å². The van der Waals surface area contributed by atoms with E-state index in [-0.39, 0.29) is 12.1 Å². The zero-order chi connectivity index (χ0) is 16.6. The fourth-order valence-electron chi connectivity index (χ4n) is 2.77. The lowest BCUT2D eigenvalue weighted by Crippen LogP contribution is -2.39. The predicted octanol–water partition coefficient (Wildman–Crippen LogP) is 2.27. The van der Waals surface area contributed by atoms with Crippen LogP contribution >= 0.6 is 0 Å². The minimum atomic E-state index is -0.0201. The molecule has 0 spiro atoms. The third-order valence-electron chi connectivity index (χ3n) is 4.03. The average Bonchev–Trinajstić information content (AvgIpc) is 3.09. The van der Waals surface area contributed by atoms with Gasteiger partial charge in [-0.2, -0.15) is 5.10 Å². The van der Waals surface area contributed by atoms with E-state index in [1.807, 2.05) is 18.2 Å². The second kappa shape index (κ2) is 8.29. The van der Waals surface area contributed by atoms with E-state index >= 15 is 0 Å². The van der Waals surface area contributed by atoms with Gasteiger partial charge in [-0.3, -0.25) is 0 Å². The van der Waals surface area contributed by atoms with Crippen LogP contribution in [0.25, 0.3) is 0 Å². The van der Waals surface area contributed by atoms with E-state index in [0.29, 0.717) is 25.5 Å². The molecule has 6 heteroatoms. The highest BCUT2D eigenvalue weighted by Crippen LogP contribution is 2.15. The second-order valence-electron chi connectivity index (χ2n) is 5.86. The molecule has 3 rings (SSSR count). The van der Waals surface area contributed by atoms with E-state index < -0.39 is 0 Å². The number of aryl methyl sites for hydroxylation is 1. The first-order valence-electron chi connectivity index (χ1n) is 8.32. The van der Waals surface area contributed by atoms with Crippen molar-refractivity contribution in [2.24, 2.45) is 0 Å². The van der Waals surface area contributed by atoms with Crippen molar-refractivity contribution < 1.29 is 9.53 Å². The molecule has 1 aliphatic rings. The van der Waals surface area contributed by atoms with Gasteiger partial charge in [0.2, 0.25) is 5.88 Å². The minimum Gasteiger partial charge on any atom is -0.471 e. The summed E-state index contributed by atoms with van der Waals surface area (Å²) in [6.07, 6.45) is 4.31. The third-order valence-corrected chi connectivity index (χ3v) is 4.03. The molecule has 2 amide bonds. The van der Waals surface area contributed by atoms with Gasteiger partial charge in [-0.1, -0.05) is 30.3 Å². The maximum atomic E-state index is 12.2. The zero-order valence-electron chi connectivity index (χ0n) is 13.6. The van der Waals surface area contributed by atoms with E-state index in [2.05, 4.69) is 27.6 Å². The summed E-state index contributed by atoms with van der Waals surface area (Å²) in [4.78, 5) is 14.0. The SMILES string of the molecule is O=C(NCCCc1ccccc1)N1CC[C@@H](Oc2cccnn2)C1. The molecule has 1 aromatic heterocycles. The largest absolute Gasteiger partial charge is 0.471 e. The van der Waals surface area contributed by atoms with Crippen molar-refractivity contribution in [1.82, 2.24) is 20.4 Å². The molecule has 0 saturated carbocycles. The van der Waals surface area contributed by atoms with Crippen molar-refractivity contribution in [2.75, 3.05) is 19.6 Å². The van der Waals surface area contributed by atoms with E-state index in [0.717, 1.165) is 19.3 Å². The van der Waals surface area contributed by atoms with Gasteiger partial charge in [0.25, 0.3) is 0 Å². The Morgan fingerprint density at radius 1 is 1.25 bits per heavy atom. The first-order chi connectivity index (χ1) is 11.8. The third kappa shape index (κ3) is 4.68. The fourth-order valence-corrected chi connectivity index (χ4v) is 2.77. The van der Waals surface area contributed by atoms with Crippen molar-refractivity contribution in [3.8, 4) is 5.88 Å². The van der Waals surface area contributed by atoms with Gasteiger partial charge in [0.15, 0.2) is 0 Å². The van der Waals surface area contributed by atoms with E-state index in [1.54, 1.807) is 23.2 Å². The van der Waals surface area contributed by atoms with Gasteiger partial charge in [0.1, 0.15) is 6.10 Å². The number of hydrogen-bond donors (Lipinski definition) is 1. The normalized spacial score (nSPS) is 16.8. The highest BCUT2D eigenvalue weighted by atomic mass is 16.5. The number of nitrogens with one attached hydrogen (secondary N) is 1. The molecular weight excluding hydrogens is 304 g/mol. The fraction of sp³-hybridized carbons (Fsp3) is 0.389. The second-order valence-corrected chi connectivity index (χ2v) is 5.86. The van der Waals surface area contributed by atoms with Crippen molar-refractivity contribution in [2.45, 2.75) is 25.4 Å². The van der Waals surface area contributed by atoms with Crippen molar-refractivity contribution in [3.05, 3.63) is 54.2 Å². The van der Waals surface area contributed by atoms with Gasteiger partial charge in [-0.15, -0.1) is 5.10 Å². The lowest BCUT2D eigenvalue weighted by atomic mass is 10.1. The molecular formula is C18H22N4O2. The Morgan fingerprint density at radius 3 is 2.92 bits per heavy atom. The maximum absolute atomic E-state index is 12.2. The quantitative estimate of drug-likeness (QED) is 0.827. The molecule has 1 aliphatic heterocycles. The molecule has 2 aromatic rings. The highest BCUT2D eigenvalue weighted by Gasteiger charge is 2.27. The molecule has 2 heterocycles. The molecule has 1 N–H and O–H groups in total. The van der Waals surface area contributed by atoms with Crippen LogP contribution in [0, 0.1) is 0 Å². The van der Waals surface area contributed by atoms with E-state index in [4.69, 9.17) is 4.74 Å². The number of rotatable bonds is 6. The zero-order valence-corrected chi connectivity index (χ0v) is 13.6. The van der Waals surface area contributed by atoms with Crippen LogP contribution in [0.1, 0.15) is 18.4 Å². The Bertz CT molecular complexity index is 636. The van der Waals surface area contributed by atoms with Gasteiger partial charge in [-0.05, 0) is 24.5 Å². The summed E-state index contributed by atoms with van der Waals surface area (Å²) in [5.41, 5.74) is 1.30. The van der Waals surface area contributed by atoms with Crippen LogP contribution in [-0.2, 0) is 6.42 Å². The number of urea groups is 1. The van der Waals surface area contributed by atoms with Crippen LogP contribution in [0.3, 0.4) is 0 Å². The number of aromatic nitrogens is 2. The van der Waals surface area contributed by atoms with Crippen molar-refractivity contribution in [3.63, 3.8) is 0 Å². The van der Waals surface area contributed by atoms with Crippen LogP contribution in [-0.4, -0.2) is 46.9 Å². The van der Waals surface area contributed by atoms with Crippen LogP contribution in [0.15, 0.2) is 48.7 Å². The summed E-state index contributed by atoms with van der Waals surface area (Å²) in [5.74, 6) is 0.507. The summed E-state index contributed by atoms with van der Waals surface area (Å²) in [6, 6.07) is 13.8. The van der Waals surface area contributed by atoms with Gasteiger partial charge in [-0.25, -0.2) is 4.79 Å². The Hall–Kier alpha value is -2.63.